The molecule has 0 aromatic heterocycles. The molecule has 0 radical (unpaired) electrons. The number of nitrogens with one attached hydrogen (secondary N) is 1. The van der Waals surface area contributed by atoms with Crippen LogP contribution in [0.25, 0.3) is 10.8 Å². The quantitative estimate of drug-likeness (QED) is 0.651. The summed E-state index contributed by atoms with van der Waals surface area (Å²) in [7, 11) is 0. The maximum absolute atomic E-state index is 6.36. The van der Waals surface area contributed by atoms with Gasteiger partial charge in [-0.05, 0) is 47.4 Å². The van der Waals surface area contributed by atoms with Crippen LogP contribution in [-0.4, -0.2) is 0 Å². The van der Waals surface area contributed by atoms with E-state index < -0.39 is 0 Å². The molecule has 0 unspecified atom stereocenters. The molecular weight excluding hydrogens is 278 g/mol. The van der Waals surface area contributed by atoms with E-state index in [1.54, 1.807) is 0 Å². The number of aryl methyl sites for hydroxylation is 2. The molecule has 0 saturated heterocycles. The first kappa shape index (κ1) is 14.0. The minimum absolute atomic E-state index is 0.769. The zero-order valence-electron chi connectivity index (χ0n) is 12.3. The Morgan fingerprint density at radius 3 is 2.52 bits per heavy atom. The Balaban J connectivity index is 1.91. The third-order valence-electron chi connectivity index (χ3n) is 3.77. The second-order valence-electron chi connectivity index (χ2n) is 5.43. The molecule has 0 aliphatic carbocycles. The summed E-state index contributed by atoms with van der Waals surface area (Å²) in [6, 6.07) is 19.0. The number of hydrogen-bond acceptors (Lipinski definition) is 1. The lowest BCUT2D eigenvalue weighted by atomic mass is 10.0. The summed E-state index contributed by atoms with van der Waals surface area (Å²) in [4.78, 5) is 0. The predicted molar refractivity (Wildman–Crippen MR) is 92.2 cm³/mol. The fraction of sp³-hybridized carbons (Fsp3) is 0.158. The number of anilines is 1. The lowest BCUT2D eigenvalue weighted by Gasteiger charge is -2.14. The van der Waals surface area contributed by atoms with Gasteiger partial charge in [0, 0.05) is 6.54 Å². The van der Waals surface area contributed by atoms with Crippen LogP contribution in [0.15, 0.2) is 54.6 Å². The standard InChI is InChI=1S/C19H18ClN/c1-13-10-14(2)19(18(20)11-13)21-12-16-8-5-7-15-6-3-4-9-17(15)16/h3-11,21H,12H2,1-2H3. The molecule has 0 aliphatic rings. The molecule has 0 bridgehead atoms. The second kappa shape index (κ2) is 5.79. The second-order valence-corrected chi connectivity index (χ2v) is 5.84. The highest BCUT2D eigenvalue weighted by atomic mass is 35.5. The lowest BCUT2D eigenvalue weighted by Crippen LogP contribution is -2.02. The summed E-state index contributed by atoms with van der Waals surface area (Å²) in [6.07, 6.45) is 0. The fourth-order valence-corrected chi connectivity index (χ4v) is 3.16. The molecule has 1 N–H and O–H groups in total. The van der Waals surface area contributed by atoms with Gasteiger partial charge >= 0.3 is 0 Å². The van der Waals surface area contributed by atoms with E-state index in [0.29, 0.717) is 0 Å². The summed E-state index contributed by atoms with van der Waals surface area (Å²) in [5, 5.41) is 6.82. The Kier molecular flexibility index (Phi) is 3.85. The van der Waals surface area contributed by atoms with E-state index >= 15 is 0 Å². The van der Waals surface area contributed by atoms with Gasteiger partial charge in [-0.15, -0.1) is 0 Å². The summed E-state index contributed by atoms with van der Waals surface area (Å²) >= 11 is 6.36. The molecule has 0 fully saturated rings. The van der Waals surface area contributed by atoms with Crippen LogP contribution < -0.4 is 5.32 Å². The number of fused-ring (bicyclic) bond motifs is 1. The molecule has 0 atom stereocenters. The zero-order chi connectivity index (χ0) is 14.8. The van der Waals surface area contributed by atoms with Gasteiger partial charge in [0.05, 0.1) is 10.7 Å². The Hall–Kier alpha value is -1.99. The van der Waals surface area contributed by atoms with Gasteiger partial charge in [-0.3, -0.25) is 0 Å². The van der Waals surface area contributed by atoms with Gasteiger partial charge in [-0.2, -0.15) is 0 Å². The van der Waals surface area contributed by atoms with Crippen molar-refractivity contribution >= 4 is 28.1 Å². The predicted octanol–water partition coefficient (Wildman–Crippen LogP) is 5.72. The van der Waals surface area contributed by atoms with Crippen molar-refractivity contribution in [2.75, 3.05) is 5.32 Å². The van der Waals surface area contributed by atoms with E-state index in [4.69, 9.17) is 11.6 Å². The smallest absolute Gasteiger partial charge is 0.0642 e. The van der Waals surface area contributed by atoms with Gasteiger partial charge in [0.1, 0.15) is 0 Å². The summed E-state index contributed by atoms with van der Waals surface area (Å²) in [6.45, 7) is 4.92. The molecule has 1 nitrogen and oxygen atoms in total. The summed E-state index contributed by atoms with van der Waals surface area (Å²) in [5.41, 5.74) is 4.67. The van der Waals surface area contributed by atoms with Gasteiger partial charge in [0.2, 0.25) is 0 Å². The van der Waals surface area contributed by atoms with Crippen molar-refractivity contribution in [1.29, 1.82) is 0 Å². The van der Waals surface area contributed by atoms with Crippen LogP contribution in [0.5, 0.6) is 0 Å². The molecule has 3 aromatic rings. The van der Waals surface area contributed by atoms with Crippen LogP contribution in [0, 0.1) is 13.8 Å². The van der Waals surface area contributed by atoms with Gasteiger partial charge in [-0.1, -0.05) is 60.1 Å². The third-order valence-corrected chi connectivity index (χ3v) is 4.07. The van der Waals surface area contributed by atoms with Gasteiger partial charge in [0.15, 0.2) is 0 Å². The molecule has 0 aliphatic heterocycles. The molecule has 2 heteroatoms. The van der Waals surface area contributed by atoms with Gasteiger partial charge in [0.25, 0.3) is 0 Å². The molecule has 3 aromatic carbocycles. The zero-order valence-corrected chi connectivity index (χ0v) is 13.0. The average molecular weight is 296 g/mol. The number of rotatable bonds is 3. The highest BCUT2D eigenvalue weighted by Crippen LogP contribution is 2.28. The van der Waals surface area contributed by atoms with E-state index in [2.05, 4.69) is 67.7 Å². The molecule has 0 spiro atoms. The van der Waals surface area contributed by atoms with Crippen LogP contribution >= 0.6 is 11.6 Å². The number of halogens is 1. The highest BCUT2D eigenvalue weighted by molar-refractivity contribution is 6.33. The Labute approximate surface area is 130 Å². The Morgan fingerprint density at radius 1 is 0.952 bits per heavy atom. The SMILES string of the molecule is Cc1cc(C)c(NCc2cccc3ccccc23)c(Cl)c1. The van der Waals surface area contributed by atoms with Crippen molar-refractivity contribution in [2.45, 2.75) is 20.4 Å². The van der Waals surface area contributed by atoms with Crippen LogP contribution in [0.4, 0.5) is 5.69 Å². The van der Waals surface area contributed by atoms with Crippen molar-refractivity contribution < 1.29 is 0 Å². The highest BCUT2D eigenvalue weighted by Gasteiger charge is 2.06. The maximum Gasteiger partial charge on any atom is 0.0642 e. The third kappa shape index (κ3) is 2.88. The van der Waals surface area contributed by atoms with E-state index in [-0.39, 0.29) is 0 Å². The van der Waals surface area contributed by atoms with Crippen LogP contribution in [0.3, 0.4) is 0 Å². The van der Waals surface area contributed by atoms with Crippen molar-refractivity contribution in [3.63, 3.8) is 0 Å². The minimum atomic E-state index is 0.769. The first-order chi connectivity index (χ1) is 10.1. The molecule has 0 amide bonds. The van der Waals surface area contributed by atoms with E-state index in [1.807, 2.05) is 6.07 Å². The van der Waals surface area contributed by atoms with Gasteiger partial charge < -0.3 is 5.32 Å². The molecular formula is C19H18ClN. The lowest BCUT2D eigenvalue weighted by molar-refractivity contribution is 1.15. The van der Waals surface area contributed by atoms with E-state index in [0.717, 1.165) is 17.3 Å². The van der Waals surface area contributed by atoms with Crippen molar-refractivity contribution in [1.82, 2.24) is 0 Å². The van der Waals surface area contributed by atoms with Crippen LogP contribution in [0.2, 0.25) is 5.02 Å². The summed E-state index contributed by atoms with van der Waals surface area (Å²) in [5.74, 6) is 0. The summed E-state index contributed by atoms with van der Waals surface area (Å²) < 4.78 is 0. The molecule has 0 saturated carbocycles. The Bertz CT molecular complexity index is 764. The number of hydrogen-bond donors (Lipinski definition) is 1. The molecule has 3 rings (SSSR count). The fourth-order valence-electron chi connectivity index (χ4n) is 2.77. The largest absolute Gasteiger partial charge is 0.380 e. The van der Waals surface area contributed by atoms with Crippen molar-refractivity contribution in [2.24, 2.45) is 0 Å². The molecule has 106 valence electrons. The molecule has 0 heterocycles. The van der Waals surface area contributed by atoms with Gasteiger partial charge in [-0.25, -0.2) is 0 Å². The van der Waals surface area contributed by atoms with Crippen LogP contribution in [0.1, 0.15) is 16.7 Å². The normalized spacial score (nSPS) is 10.8. The topological polar surface area (TPSA) is 12.0 Å². The van der Waals surface area contributed by atoms with Crippen molar-refractivity contribution in [3.05, 3.63) is 76.3 Å². The first-order valence-electron chi connectivity index (χ1n) is 7.12. The van der Waals surface area contributed by atoms with E-state index in [9.17, 15) is 0 Å². The van der Waals surface area contributed by atoms with Crippen molar-refractivity contribution in [3.8, 4) is 0 Å². The Morgan fingerprint density at radius 2 is 1.71 bits per heavy atom. The maximum atomic E-state index is 6.36. The monoisotopic (exact) mass is 295 g/mol. The first-order valence-corrected chi connectivity index (χ1v) is 7.50. The van der Waals surface area contributed by atoms with E-state index in [1.165, 1.54) is 27.5 Å². The minimum Gasteiger partial charge on any atom is -0.380 e. The van der Waals surface area contributed by atoms with Crippen LogP contribution in [-0.2, 0) is 6.54 Å². The number of benzene rings is 3. The molecule has 21 heavy (non-hydrogen) atoms. The average Bonchev–Trinajstić information content (AvgIpc) is 2.46.